The average molecular weight is 439 g/mol. The first-order valence-electron chi connectivity index (χ1n) is 10.8. The first kappa shape index (κ1) is 21.4. The van der Waals surface area contributed by atoms with Crippen LogP contribution in [-0.4, -0.2) is 36.4 Å². The van der Waals surface area contributed by atoms with Crippen LogP contribution in [0.4, 0.5) is 5.69 Å². The van der Waals surface area contributed by atoms with E-state index >= 15 is 0 Å². The van der Waals surface area contributed by atoms with E-state index in [1.807, 2.05) is 6.92 Å². The lowest BCUT2D eigenvalue weighted by atomic mass is 9.91. The van der Waals surface area contributed by atoms with Crippen molar-refractivity contribution >= 4 is 34.7 Å². The Morgan fingerprint density at radius 1 is 0.935 bits per heavy atom. The Labute approximate surface area is 188 Å². The highest BCUT2D eigenvalue weighted by atomic mass is 35.5. The standard InChI is InChI=1S/C25H27ClN2O3/c1-4-31-21-11-9-20(10-12-21)28-24(29)22(18-5-7-19(26)8-6-18)23(25(28)30)27-14-16(2)13-17(3)15-27/h5-12,16-17H,4,13-15H2,1-3H3. The first-order valence-corrected chi connectivity index (χ1v) is 11.1. The zero-order valence-electron chi connectivity index (χ0n) is 18.1. The second kappa shape index (κ2) is 8.75. The van der Waals surface area contributed by atoms with E-state index in [-0.39, 0.29) is 11.8 Å². The van der Waals surface area contributed by atoms with E-state index in [9.17, 15) is 9.59 Å². The zero-order chi connectivity index (χ0) is 22.1. The van der Waals surface area contributed by atoms with E-state index < -0.39 is 0 Å². The lowest BCUT2D eigenvalue weighted by Gasteiger charge is -2.37. The molecule has 0 saturated carbocycles. The predicted molar refractivity (Wildman–Crippen MR) is 123 cm³/mol. The number of hydrogen-bond donors (Lipinski definition) is 0. The summed E-state index contributed by atoms with van der Waals surface area (Å²) in [5.41, 5.74) is 2.17. The van der Waals surface area contributed by atoms with Crippen LogP contribution in [0.5, 0.6) is 5.75 Å². The molecule has 0 spiro atoms. The van der Waals surface area contributed by atoms with Gasteiger partial charge in [0.25, 0.3) is 11.8 Å². The smallest absolute Gasteiger partial charge is 0.282 e. The highest BCUT2D eigenvalue weighted by Gasteiger charge is 2.43. The van der Waals surface area contributed by atoms with Gasteiger partial charge in [0.1, 0.15) is 11.4 Å². The molecule has 6 heteroatoms. The SMILES string of the molecule is CCOc1ccc(N2C(=O)C(c3ccc(Cl)cc3)=C(N3CC(C)CC(C)C3)C2=O)cc1. The molecule has 2 aromatic carbocycles. The Balaban J connectivity index is 1.77. The summed E-state index contributed by atoms with van der Waals surface area (Å²) in [5.74, 6) is 1.02. The van der Waals surface area contributed by atoms with Crippen LogP contribution in [0.2, 0.25) is 5.02 Å². The number of rotatable bonds is 5. The van der Waals surface area contributed by atoms with Gasteiger partial charge in [0.05, 0.1) is 17.9 Å². The molecule has 0 aromatic heterocycles. The lowest BCUT2D eigenvalue weighted by molar-refractivity contribution is -0.120. The van der Waals surface area contributed by atoms with E-state index in [0.717, 1.165) is 19.5 Å². The molecule has 4 rings (SSSR count). The topological polar surface area (TPSA) is 49.9 Å². The average Bonchev–Trinajstić information content (AvgIpc) is 2.99. The van der Waals surface area contributed by atoms with Gasteiger partial charge in [-0.1, -0.05) is 37.6 Å². The molecule has 2 heterocycles. The van der Waals surface area contributed by atoms with Crippen molar-refractivity contribution in [2.75, 3.05) is 24.6 Å². The van der Waals surface area contributed by atoms with Crippen molar-refractivity contribution in [1.82, 2.24) is 4.90 Å². The summed E-state index contributed by atoms with van der Waals surface area (Å²) in [7, 11) is 0. The molecule has 0 radical (unpaired) electrons. The molecule has 0 bridgehead atoms. The van der Waals surface area contributed by atoms with Crippen LogP contribution in [0.1, 0.15) is 32.8 Å². The number of likely N-dealkylation sites (tertiary alicyclic amines) is 1. The van der Waals surface area contributed by atoms with Crippen molar-refractivity contribution in [3.63, 3.8) is 0 Å². The number of imide groups is 1. The predicted octanol–water partition coefficient (Wildman–Crippen LogP) is 5.00. The molecule has 31 heavy (non-hydrogen) atoms. The fourth-order valence-corrected chi connectivity index (χ4v) is 4.75. The van der Waals surface area contributed by atoms with Crippen LogP contribution >= 0.6 is 11.6 Å². The molecular weight excluding hydrogens is 412 g/mol. The Hall–Kier alpha value is -2.79. The van der Waals surface area contributed by atoms with Crippen LogP contribution in [-0.2, 0) is 9.59 Å². The quantitative estimate of drug-likeness (QED) is 0.616. The zero-order valence-corrected chi connectivity index (χ0v) is 18.9. The summed E-state index contributed by atoms with van der Waals surface area (Å²) in [5, 5.41) is 0.589. The van der Waals surface area contributed by atoms with E-state index in [1.54, 1.807) is 48.5 Å². The van der Waals surface area contributed by atoms with Crippen LogP contribution < -0.4 is 9.64 Å². The highest BCUT2D eigenvalue weighted by Crippen LogP contribution is 2.37. The number of hydrogen-bond acceptors (Lipinski definition) is 4. The Bertz CT molecular complexity index is 1000. The van der Waals surface area contributed by atoms with E-state index in [2.05, 4.69) is 18.7 Å². The lowest BCUT2D eigenvalue weighted by Crippen LogP contribution is -2.42. The van der Waals surface area contributed by atoms with Gasteiger partial charge in [-0.2, -0.15) is 0 Å². The molecule has 2 aliphatic heterocycles. The largest absolute Gasteiger partial charge is 0.494 e. The normalized spacial score (nSPS) is 21.8. The minimum atomic E-state index is -0.308. The van der Waals surface area contributed by atoms with Gasteiger partial charge in [-0.3, -0.25) is 9.59 Å². The van der Waals surface area contributed by atoms with Crippen molar-refractivity contribution in [3.05, 3.63) is 64.8 Å². The van der Waals surface area contributed by atoms with Gasteiger partial charge in [0, 0.05) is 18.1 Å². The number of nitrogens with zero attached hydrogens (tertiary/aromatic N) is 2. The van der Waals surface area contributed by atoms with Crippen LogP contribution in [0, 0.1) is 11.8 Å². The van der Waals surface area contributed by atoms with Gasteiger partial charge in [0.2, 0.25) is 0 Å². The summed E-state index contributed by atoms with van der Waals surface area (Å²) < 4.78 is 5.50. The number of benzene rings is 2. The number of piperidine rings is 1. The first-order chi connectivity index (χ1) is 14.9. The monoisotopic (exact) mass is 438 g/mol. The Morgan fingerprint density at radius 2 is 1.55 bits per heavy atom. The molecule has 162 valence electrons. The second-order valence-electron chi connectivity index (χ2n) is 8.45. The number of halogens is 1. The van der Waals surface area contributed by atoms with Crippen molar-refractivity contribution in [2.24, 2.45) is 11.8 Å². The van der Waals surface area contributed by atoms with Crippen molar-refractivity contribution in [1.29, 1.82) is 0 Å². The summed E-state index contributed by atoms with van der Waals surface area (Å²) in [6.45, 7) is 8.36. The fraction of sp³-hybridized carbons (Fsp3) is 0.360. The molecular formula is C25H27ClN2O3. The molecule has 0 N–H and O–H groups in total. The summed E-state index contributed by atoms with van der Waals surface area (Å²) >= 11 is 6.07. The molecule has 2 unspecified atom stereocenters. The minimum Gasteiger partial charge on any atom is -0.494 e. The molecule has 2 aliphatic rings. The number of anilines is 1. The molecule has 0 aliphatic carbocycles. The number of ether oxygens (including phenoxy) is 1. The molecule has 2 amide bonds. The number of carbonyl (C=O) groups is 2. The Kier molecular flexibility index (Phi) is 6.05. The van der Waals surface area contributed by atoms with Crippen LogP contribution in [0.25, 0.3) is 5.57 Å². The van der Waals surface area contributed by atoms with Crippen molar-refractivity contribution in [3.8, 4) is 5.75 Å². The highest BCUT2D eigenvalue weighted by molar-refractivity contribution is 6.45. The third-order valence-electron chi connectivity index (χ3n) is 5.78. The van der Waals surface area contributed by atoms with Gasteiger partial charge in [0.15, 0.2) is 0 Å². The van der Waals surface area contributed by atoms with Crippen LogP contribution in [0.3, 0.4) is 0 Å². The van der Waals surface area contributed by atoms with Crippen molar-refractivity contribution < 1.29 is 14.3 Å². The molecule has 1 fully saturated rings. The maximum Gasteiger partial charge on any atom is 0.282 e. The summed E-state index contributed by atoms with van der Waals surface area (Å²) in [4.78, 5) is 30.6. The minimum absolute atomic E-state index is 0.277. The maximum atomic E-state index is 13.6. The summed E-state index contributed by atoms with van der Waals surface area (Å²) in [6.07, 6.45) is 1.12. The van der Waals surface area contributed by atoms with Gasteiger partial charge in [-0.25, -0.2) is 4.90 Å². The molecule has 2 atom stereocenters. The van der Waals surface area contributed by atoms with Gasteiger partial charge < -0.3 is 9.64 Å². The maximum absolute atomic E-state index is 13.6. The second-order valence-corrected chi connectivity index (χ2v) is 8.89. The summed E-state index contributed by atoms with van der Waals surface area (Å²) in [6, 6.07) is 14.2. The molecule has 5 nitrogen and oxygen atoms in total. The molecule has 2 aromatic rings. The van der Waals surface area contributed by atoms with Gasteiger partial charge >= 0.3 is 0 Å². The fourth-order valence-electron chi connectivity index (χ4n) is 4.63. The Morgan fingerprint density at radius 3 is 2.13 bits per heavy atom. The number of carbonyl (C=O) groups excluding carboxylic acids is 2. The van der Waals surface area contributed by atoms with Gasteiger partial charge in [-0.15, -0.1) is 0 Å². The third kappa shape index (κ3) is 4.19. The van der Waals surface area contributed by atoms with Crippen LogP contribution in [0.15, 0.2) is 54.2 Å². The number of amides is 2. The van der Waals surface area contributed by atoms with Crippen molar-refractivity contribution in [2.45, 2.75) is 27.2 Å². The van der Waals surface area contributed by atoms with E-state index in [0.29, 0.717) is 51.7 Å². The van der Waals surface area contributed by atoms with E-state index in [4.69, 9.17) is 16.3 Å². The molecule has 1 saturated heterocycles. The third-order valence-corrected chi connectivity index (χ3v) is 6.04. The van der Waals surface area contributed by atoms with Gasteiger partial charge in [-0.05, 0) is 67.1 Å². The van der Waals surface area contributed by atoms with E-state index in [1.165, 1.54) is 4.90 Å².